The van der Waals surface area contributed by atoms with Crippen LogP contribution in [0.4, 0.5) is 0 Å². The molecule has 0 radical (unpaired) electrons. The Balaban J connectivity index is 0.000000357. The van der Waals surface area contributed by atoms with Crippen LogP contribution >= 0.6 is 0 Å². The van der Waals surface area contributed by atoms with Crippen LogP contribution in [0.3, 0.4) is 0 Å². The fourth-order valence-corrected chi connectivity index (χ4v) is 7.22. The number of Topliss-reactive ketones (excluding diaryl/α,β-unsaturated/α-hetero) is 1. The molecule has 3 rings (SSSR count). The minimum Gasteiger partial charge on any atom is -0.350 e. The van der Waals surface area contributed by atoms with E-state index >= 15 is 0 Å². The summed E-state index contributed by atoms with van der Waals surface area (Å²) in [4.78, 5) is 12.2. The molecule has 3 saturated carbocycles. The van der Waals surface area contributed by atoms with Crippen molar-refractivity contribution in [3.05, 3.63) is 0 Å². The molecule has 0 aromatic carbocycles. The Hall–Kier alpha value is -0.490. The third-order valence-electron chi connectivity index (χ3n) is 10.2. The van der Waals surface area contributed by atoms with Crippen LogP contribution < -0.4 is 0 Å². The molecule has 3 aliphatic carbocycles. The summed E-state index contributed by atoms with van der Waals surface area (Å²) >= 11 is 0. The van der Waals surface area contributed by atoms with E-state index in [1.54, 1.807) is 0 Å². The van der Waals surface area contributed by atoms with Gasteiger partial charge in [-0.3, -0.25) is 4.79 Å². The average molecular weight is 581 g/mol. The molecule has 0 aromatic heterocycles. The normalized spacial score (nSPS) is 28.3. The first-order valence-electron chi connectivity index (χ1n) is 17.6. The third kappa shape index (κ3) is 13.0. The quantitative estimate of drug-likeness (QED) is 0.191. The summed E-state index contributed by atoms with van der Waals surface area (Å²) in [5.74, 6) is 1.74. The van der Waals surface area contributed by atoms with Crippen LogP contribution in [-0.2, 0) is 23.7 Å². The molecule has 0 aromatic rings. The SMILES string of the molecule is CC1CC(OC(C)OC2CCCCC2)CC(OC(C)OC2CCCCC2)C1.CCCC(C)(C(=O)C(C)CC)C(C)C. The van der Waals surface area contributed by atoms with E-state index in [9.17, 15) is 4.79 Å². The molecule has 3 aliphatic rings. The summed E-state index contributed by atoms with van der Waals surface area (Å²) in [7, 11) is 0. The van der Waals surface area contributed by atoms with Crippen LogP contribution in [0.5, 0.6) is 0 Å². The van der Waals surface area contributed by atoms with Gasteiger partial charge in [0.25, 0.3) is 0 Å². The van der Waals surface area contributed by atoms with E-state index in [0.29, 0.717) is 29.8 Å². The van der Waals surface area contributed by atoms with E-state index in [4.69, 9.17) is 18.9 Å². The maximum atomic E-state index is 12.2. The monoisotopic (exact) mass is 581 g/mol. The first kappa shape index (κ1) is 36.7. The highest BCUT2D eigenvalue weighted by molar-refractivity contribution is 5.86. The van der Waals surface area contributed by atoms with E-state index in [1.807, 2.05) is 0 Å². The molecule has 5 nitrogen and oxygen atoms in total. The highest BCUT2D eigenvalue weighted by Crippen LogP contribution is 2.36. The van der Waals surface area contributed by atoms with Gasteiger partial charge in [0.1, 0.15) is 5.78 Å². The zero-order chi connectivity index (χ0) is 30.4. The molecule has 41 heavy (non-hydrogen) atoms. The second kappa shape index (κ2) is 19.0. The zero-order valence-corrected chi connectivity index (χ0v) is 28.6. The standard InChI is InChI=1S/C23H42O4.C13H26O/c1-17-14-22(26-18(2)24-20-10-6-4-7-11-20)16-23(15-17)27-19(3)25-21-12-8-5-9-13-21;1-7-9-13(6,10(3)4)12(14)11(5)8-2/h17-23H,4-16H2,1-3H3;10-11H,7-9H2,1-6H3. The Morgan fingerprint density at radius 3 is 1.46 bits per heavy atom. The lowest BCUT2D eigenvalue weighted by atomic mass is 9.69. The smallest absolute Gasteiger partial charge is 0.155 e. The van der Waals surface area contributed by atoms with E-state index in [1.165, 1.54) is 64.2 Å². The first-order chi connectivity index (χ1) is 19.5. The maximum Gasteiger partial charge on any atom is 0.155 e. The van der Waals surface area contributed by atoms with Crippen LogP contribution in [0.2, 0.25) is 0 Å². The molecule has 3 fully saturated rings. The Bertz CT molecular complexity index is 662. The van der Waals surface area contributed by atoms with Gasteiger partial charge in [0, 0.05) is 17.8 Å². The van der Waals surface area contributed by atoms with Gasteiger partial charge in [-0.25, -0.2) is 0 Å². The molecule has 6 unspecified atom stereocenters. The van der Waals surface area contributed by atoms with Gasteiger partial charge in [-0.2, -0.15) is 0 Å². The summed E-state index contributed by atoms with van der Waals surface area (Å²) in [6, 6.07) is 0. The number of hydrogen-bond donors (Lipinski definition) is 0. The second-order valence-electron chi connectivity index (χ2n) is 14.3. The summed E-state index contributed by atoms with van der Waals surface area (Å²) in [5.41, 5.74) is -0.107. The molecule has 0 saturated heterocycles. The fraction of sp³-hybridized carbons (Fsp3) is 0.972. The van der Waals surface area contributed by atoms with Gasteiger partial charge < -0.3 is 18.9 Å². The van der Waals surface area contributed by atoms with E-state index in [2.05, 4.69) is 62.3 Å². The van der Waals surface area contributed by atoms with Crippen molar-refractivity contribution in [1.82, 2.24) is 0 Å². The summed E-state index contributed by atoms with van der Waals surface area (Å²) in [6.45, 7) is 19.2. The number of ketones is 1. The zero-order valence-electron chi connectivity index (χ0n) is 28.6. The van der Waals surface area contributed by atoms with Crippen LogP contribution in [0.1, 0.15) is 165 Å². The molecule has 0 amide bonds. The van der Waals surface area contributed by atoms with E-state index in [-0.39, 0.29) is 36.1 Å². The average Bonchev–Trinajstić information content (AvgIpc) is 2.93. The number of carbonyl (C=O) groups is 1. The minimum atomic E-state index is -0.111. The van der Waals surface area contributed by atoms with Crippen molar-refractivity contribution in [1.29, 1.82) is 0 Å². The highest BCUT2D eigenvalue weighted by Gasteiger charge is 2.37. The predicted molar refractivity (Wildman–Crippen MR) is 170 cm³/mol. The largest absolute Gasteiger partial charge is 0.350 e. The van der Waals surface area contributed by atoms with Crippen molar-refractivity contribution in [3.8, 4) is 0 Å². The molecular weight excluding hydrogens is 512 g/mol. The van der Waals surface area contributed by atoms with Gasteiger partial charge in [0.05, 0.1) is 24.4 Å². The van der Waals surface area contributed by atoms with Gasteiger partial charge in [-0.1, -0.05) is 93.4 Å². The first-order valence-corrected chi connectivity index (χ1v) is 17.6. The number of rotatable bonds is 14. The molecule has 0 bridgehead atoms. The Labute approximate surface area is 254 Å². The van der Waals surface area contributed by atoms with Gasteiger partial charge in [0.2, 0.25) is 0 Å². The maximum absolute atomic E-state index is 12.2. The molecule has 0 heterocycles. The lowest BCUT2D eigenvalue weighted by Crippen LogP contribution is -2.38. The summed E-state index contributed by atoms with van der Waals surface area (Å²) in [6.07, 6.45) is 20.0. The lowest BCUT2D eigenvalue weighted by molar-refractivity contribution is -0.227. The number of ether oxygens (including phenoxy) is 4. The summed E-state index contributed by atoms with van der Waals surface area (Å²) < 4.78 is 24.9. The Kier molecular flexibility index (Phi) is 17.0. The van der Waals surface area contributed by atoms with Crippen LogP contribution in [0, 0.1) is 23.2 Å². The van der Waals surface area contributed by atoms with Gasteiger partial charge >= 0.3 is 0 Å². The van der Waals surface area contributed by atoms with Crippen molar-refractivity contribution in [2.45, 2.75) is 202 Å². The highest BCUT2D eigenvalue weighted by atomic mass is 16.7. The minimum absolute atomic E-state index is 0.107. The molecule has 0 aliphatic heterocycles. The fourth-order valence-electron chi connectivity index (χ4n) is 7.22. The van der Waals surface area contributed by atoms with Crippen molar-refractivity contribution >= 4 is 5.78 Å². The molecule has 242 valence electrons. The molecule has 5 heteroatoms. The Morgan fingerprint density at radius 1 is 0.683 bits per heavy atom. The van der Waals surface area contributed by atoms with Crippen LogP contribution in [0.15, 0.2) is 0 Å². The van der Waals surface area contributed by atoms with Gasteiger partial charge in [0.15, 0.2) is 12.6 Å². The summed E-state index contributed by atoms with van der Waals surface area (Å²) in [5, 5.41) is 0. The lowest BCUT2D eigenvalue weighted by Gasteiger charge is -2.37. The Morgan fingerprint density at radius 2 is 1.10 bits per heavy atom. The van der Waals surface area contributed by atoms with Gasteiger partial charge in [-0.05, 0) is 77.0 Å². The number of hydrogen-bond acceptors (Lipinski definition) is 5. The van der Waals surface area contributed by atoms with Gasteiger partial charge in [-0.15, -0.1) is 0 Å². The van der Waals surface area contributed by atoms with Crippen LogP contribution in [0.25, 0.3) is 0 Å². The van der Waals surface area contributed by atoms with Crippen molar-refractivity contribution in [2.75, 3.05) is 0 Å². The molecule has 6 atom stereocenters. The molecule has 0 N–H and O–H groups in total. The third-order valence-corrected chi connectivity index (χ3v) is 10.2. The second-order valence-corrected chi connectivity index (χ2v) is 14.3. The van der Waals surface area contributed by atoms with E-state index in [0.717, 1.165) is 38.5 Å². The van der Waals surface area contributed by atoms with Crippen molar-refractivity contribution in [2.24, 2.45) is 23.2 Å². The van der Waals surface area contributed by atoms with Crippen molar-refractivity contribution in [3.63, 3.8) is 0 Å². The molecule has 0 spiro atoms. The topological polar surface area (TPSA) is 54.0 Å². The van der Waals surface area contributed by atoms with Crippen molar-refractivity contribution < 1.29 is 23.7 Å². The molecular formula is C36H68O5. The number of carbonyl (C=O) groups excluding carboxylic acids is 1. The van der Waals surface area contributed by atoms with E-state index < -0.39 is 0 Å². The van der Waals surface area contributed by atoms with Crippen LogP contribution in [-0.4, -0.2) is 42.8 Å². The predicted octanol–water partition coefficient (Wildman–Crippen LogP) is 10.0.